The average molecular weight is 294 g/mol. The summed E-state index contributed by atoms with van der Waals surface area (Å²) >= 11 is 1.51. The van der Waals surface area contributed by atoms with Crippen molar-refractivity contribution in [2.45, 2.75) is 39.0 Å². The Bertz CT molecular complexity index is 546. The third-order valence-corrected chi connectivity index (χ3v) is 5.55. The summed E-state index contributed by atoms with van der Waals surface area (Å²) in [7, 11) is 1.41. The van der Waals surface area contributed by atoms with Crippen LogP contribution in [-0.2, 0) is 4.74 Å². The molecule has 0 atom stereocenters. The van der Waals surface area contributed by atoms with Crippen LogP contribution >= 0.6 is 11.3 Å². The molecular formula is C15H22N2O2S. The summed E-state index contributed by atoms with van der Waals surface area (Å²) in [5.41, 5.74) is 8.44. The van der Waals surface area contributed by atoms with Crippen LogP contribution in [0.3, 0.4) is 0 Å². The Labute approximate surface area is 123 Å². The van der Waals surface area contributed by atoms with Gasteiger partial charge in [-0.1, -0.05) is 13.8 Å². The van der Waals surface area contributed by atoms with Gasteiger partial charge in [0.1, 0.15) is 4.88 Å². The Hall–Kier alpha value is -1.23. The van der Waals surface area contributed by atoms with Crippen LogP contribution in [0.2, 0.25) is 0 Å². The van der Waals surface area contributed by atoms with E-state index in [0.29, 0.717) is 21.9 Å². The maximum absolute atomic E-state index is 11.9. The van der Waals surface area contributed by atoms with Crippen molar-refractivity contribution in [1.82, 2.24) is 0 Å². The normalized spacial score (nSPS) is 21.2. The fraction of sp³-hybridized carbons (Fsp3) is 0.667. The number of thiophene rings is 1. The third kappa shape index (κ3) is 2.28. The molecule has 4 nitrogen and oxygen atoms in total. The van der Waals surface area contributed by atoms with Crippen LogP contribution < -0.4 is 10.6 Å². The van der Waals surface area contributed by atoms with Gasteiger partial charge in [0, 0.05) is 18.7 Å². The summed E-state index contributed by atoms with van der Waals surface area (Å²) in [5, 5.41) is 1.20. The molecule has 0 spiro atoms. The second-order valence-electron chi connectivity index (χ2n) is 6.67. The number of nitrogen functional groups attached to an aromatic ring is 1. The summed E-state index contributed by atoms with van der Waals surface area (Å²) in [5.74, 6) is 0.238. The number of hydrogen-bond donors (Lipinski definition) is 1. The molecule has 1 saturated carbocycles. The molecule has 2 heterocycles. The highest BCUT2D eigenvalue weighted by Gasteiger charge is 2.38. The highest BCUT2D eigenvalue weighted by molar-refractivity contribution is 7.18. The van der Waals surface area contributed by atoms with Gasteiger partial charge in [0.05, 0.1) is 17.8 Å². The number of esters is 1. The molecule has 2 aliphatic rings. The number of nitrogens with two attached hydrogens (primary N) is 1. The monoisotopic (exact) mass is 294 g/mol. The van der Waals surface area contributed by atoms with Crippen molar-refractivity contribution < 1.29 is 9.53 Å². The van der Waals surface area contributed by atoms with Crippen LogP contribution in [-0.4, -0.2) is 26.2 Å². The number of nitrogens with zero attached hydrogens (tertiary/aromatic N) is 1. The molecule has 1 aromatic heterocycles. The minimum absolute atomic E-state index is 0.306. The molecule has 2 N–H and O–H groups in total. The molecule has 1 aromatic rings. The topological polar surface area (TPSA) is 55.6 Å². The number of methoxy groups -OCH3 is 1. The molecule has 2 fully saturated rings. The first-order valence-corrected chi connectivity index (χ1v) is 8.00. The minimum atomic E-state index is -0.306. The molecule has 1 aliphatic heterocycles. The molecule has 0 amide bonds. The van der Waals surface area contributed by atoms with Crippen LogP contribution in [0.15, 0.2) is 0 Å². The first kappa shape index (κ1) is 13.7. The molecule has 20 heavy (non-hydrogen) atoms. The Kier molecular flexibility index (Phi) is 3.20. The van der Waals surface area contributed by atoms with E-state index >= 15 is 0 Å². The second-order valence-corrected chi connectivity index (χ2v) is 7.66. The van der Waals surface area contributed by atoms with Crippen molar-refractivity contribution in [3.63, 3.8) is 0 Å². The van der Waals surface area contributed by atoms with Crippen molar-refractivity contribution in [2.24, 2.45) is 5.41 Å². The second kappa shape index (κ2) is 4.65. The summed E-state index contributed by atoms with van der Waals surface area (Å²) in [6.45, 7) is 6.67. The van der Waals surface area contributed by atoms with Crippen LogP contribution in [0.5, 0.6) is 0 Å². The lowest BCUT2D eigenvalue weighted by Crippen LogP contribution is -2.22. The number of ether oxygens (including phenoxy) is 1. The third-order valence-electron chi connectivity index (χ3n) is 4.28. The number of carbonyl (C=O) groups is 1. The zero-order valence-electron chi connectivity index (χ0n) is 12.4. The molecule has 0 radical (unpaired) electrons. The van der Waals surface area contributed by atoms with Gasteiger partial charge in [-0.2, -0.15) is 0 Å². The highest BCUT2D eigenvalue weighted by atomic mass is 32.1. The van der Waals surface area contributed by atoms with Crippen molar-refractivity contribution in [1.29, 1.82) is 0 Å². The van der Waals surface area contributed by atoms with Crippen molar-refractivity contribution >= 4 is 28.0 Å². The van der Waals surface area contributed by atoms with Gasteiger partial charge in [0.15, 0.2) is 0 Å². The van der Waals surface area contributed by atoms with Gasteiger partial charge in [-0.25, -0.2) is 4.79 Å². The molecule has 1 aliphatic carbocycles. The lowest BCUT2D eigenvalue weighted by atomic mass is 9.93. The number of hydrogen-bond acceptors (Lipinski definition) is 5. The fourth-order valence-electron chi connectivity index (χ4n) is 2.98. The van der Waals surface area contributed by atoms with Gasteiger partial charge >= 0.3 is 5.97 Å². The standard InChI is InChI=1S/C15H22N2O2S/c1-15(2)6-7-17(8-15)13-10(9-4-5-9)11(16)12(20-13)14(18)19-3/h9H,4-8,16H2,1-3H3. The smallest absolute Gasteiger partial charge is 0.350 e. The van der Waals surface area contributed by atoms with E-state index in [9.17, 15) is 4.79 Å². The predicted octanol–water partition coefficient (Wildman–Crippen LogP) is 3.23. The summed E-state index contributed by atoms with van der Waals surface area (Å²) in [6, 6.07) is 0. The molecule has 5 heteroatoms. The van der Waals surface area contributed by atoms with Crippen LogP contribution in [0.1, 0.15) is 54.3 Å². The average Bonchev–Trinajstić information content (AvgIpc) is 3.08. The van der Waals surface area contributed by atoms with E-state index in [0.717, 1.165) is 13.1 Å². The Morgan fingerprint density at radius 1 is 1.45 bits per heavy atom. The van der Waals surface area contributed by atoms with Crippen molar-refractivity contribution in [2.75, 3.05) is 30.8 Å². The summed E-state index contributed by atoms with van der Waals surface area (Å²) in [6.07, 6.45) is 3.56. The molecule has 3 rings (SSSR count). The molecular weight excluding hydrogens is 272 g/mol. The van der Waals surface area contributed by atoms with Gasteiger partial charge in [-0.3, -0.25) is 0 Å². The van der Waals surface area contributed by atoms with E-state index in [-0.39, 0.29) is 5.97 Å². The Morgan fingerprint density at radius 3 is 2.65 bits per heavy atom. The van der Waals surface area contributed by atoms with E-state index in [2.05, 4.69) is 18.7 Å². The van der Waals surface area contributed by atoms with Crippen LogP contribution in [0.4, 0.5) is 10.7 Å². The van der Waals surface area contributed by atoms with Gasteiger partial charge in [0.25, 0.3) is 0 Å². The van der Waals surface area contributed by atoms with Crippen LogP contribution in [0.25, 0.3) is 0 Å². The summed E-state index contributed by atoms with van der Waals surface area (Å²) < 4.78 is 4.86. The van der Waals surface area contributed by atoms with Gasteiger partial charge in [0.2, 0.25) is 0 Å². The number of anilines is 2. The summed E-state index contributed by atoms with van der Waals surface area (Å²) in [4.78, 5) is 14.9. The van der Waals surface area contributed by atoms with Gasteiger partial charge in [-0.05, 0) is 30.6 Å². The fourth-order valence-corrected chi connectivity index (χ4v) is 4.23. The maximum Gasteiger partial charge on any atom is 0.350 e. The van der Waals surface area contributed by atoms with Gasteiger partial charge < -0.3 is 15.4 Å². The quantitative estimate of drug-likeness (QED) is 0.870. The van der Waals surface area contributed by atoms with E-state index in [1.165, 1.54) is 48.3 Å². The highest BCUT2D eigenvalue weighted by Crippen LogP contribution is 2.53. The zero-order chi connectivity index (χ0) is 14.5. The first-order valence-electron chi connectivity index (χ1n) is 7.18. The largest absolute Gasteiger partial charge is 0.465 e. The molecule has 0 unspecified atom stereocenters. The lowest BCUT2D eigenvalue weighted by Gasteiger charge is -2.21. The van der Waals surface area contributed by atoms with Crippen molar-refractivity contribution in [3.8, 4) is 0 Å². The first-order chi connectivity index (χ1) is 9.43. The van der Waals surface area contributed by atoms with E-state index in [4.69, 9.17) is 10.5 Å². The SMILES string of the molecule is COC(=O)c1sc(N2CCC(C)(C)C2)c(C2CC2)c1N. The number of rotatable bonds is 3. The maximum atomic E-state index is 11.9. The lowest BCUT2D eigenvalue weighted by molar-refractivity contribution is 0.0607. The zero-order valence-corrected chi connectivity index (χ0v) is 13.2. The Morgan fingerprint density at radius 2 is 2.15 bits per heavy atom. The van der Waals surface area contributed by atoms with E-state index in [1.807, 2.05) is 0 Å². The Balaban J connectivity index is 1.99. The molecule has 0 aromatic carbocycles. The van der Waals surface area contributed by atoms with E-state index < -0.39 is 0 Å². The predicted molar refractivity (Wildman–Crippen MR) is 82.7 cm³/mol. The minimum Gasteiger partial charge on any atom is -0.465 e. The molecule has 0 bridgehead atoms. The van der Waals surface area contributed by atoms with Crippen LogP contribution in [0, 0.1) is 5.41 Å². The van der Waals surface area contributed by atoms with E-state index in [1.54, 1.807) is 0 Å². The number of carbonyl (C=O) groups excluding carboxylic acids is 1. The van der Waals surface area contributed by atoms with Gasteiger partial charge in [-0.15, -0.1) is 11.3 Å². The molecule has 1 saturated heterocycles. The van der Waals surface area contributed by atoms with Crippen molar-refractivity contribution in [3.05, 3.63) is 10.4 Å². The molecule has 110 valence electrons.